The number of rotatable bonds is 6. The van der Waals surface area contributed by atoms with Crippen LogP contribution < -0.4 is 10.1 Å². The van der Waals surface area contributed by atoms with Crippen LogP contribution in [-0.4, -0.2) is 17.3 Å². The second kappa shape index (κ2) is 6.33. The number of hydrogen-bond acceptors (Lipinski definition) is 5. The van der Waals surface area contributed by atoms with Crippen molar-refractivity contribution in [3.8, 4) is 5.75 Å². The quantitative estimate of drug-likeness (QED) is 0.866. The average molecular weight is 261 g/mol. The van der Waals surface area contributed by atoms with Crippen molar-refractivity contribution in [1.29, 1.82) is 0 Å². The fourth-order valence-electron chi connectivity index (χ4n) is 1.96. The van der Waals surface area contributed by atoms with E-state index in [-0.39, 0.29) is 6.04 Å². The largest absolute Gasteiger partial charge is 0.497 e. The lowest BCUT2D eigenvalue weighted by Crippen LogP contribution is -2.20. The summed E-state index contributed by atoms with van der Waals surface area (Å²) in [7, 11) is 1.67. The fourth-order valence-corrected chi connectivity index (χ4v) is 1.96. The molecule has 19 heavy (non-hydrogen) atoms. The normalized spacial score (nSPS) is 12.4. The zero-order valence-corrected chi connectivity index (χ0v) is 11.5. The molecule has 2 rings (SSSR count). The third-order valence-corrected chi connectivity index (χ3v) is 3.00. The van der Waals surface area contributed by atoms with E-state index in [0.717, 1.165) is 12.2 Å². The van der Waals surface area contributed by atoms with Crippen LogP contribution in [0, 0.1) is 6.92 Å². The molecular formula is C14H19N3O2. The summed E-state index contributed by atoms with van der Waals surface area (Å²) in [5.41, 5.74) is 1.22. The third kappa shape index (κ3) is 3.54. The van der Waals surface area contributed by atoms with E-state index in [4.69, 9.17) is 9.26 Å². The van der Waals surface area contributed by atoms with Gasteiger partial charge in [-0.3, -0.25) is 0 Å². The predicted octanol–water partition coefficient (Wildman–Crippen LogP) is 2.63. The summed E-state index contributed by atoms with van der Waals surface area (Å²) in [6, 6.07) is 8.34. The molecule has 0 radical (unpaired) electrons. The van der Waals surface area contributed by atoms with Gasteiger partial charge in [0.1, 0.15) is 5.75 Å². The van der Waals surface area contributed by atoms with Gasteiger partial charge in [-0.25, -0.2) is 0 Å². The first kappa shape index (κ1) is 13.5. The number of nitrogens with zero attached hydrogens (tertiary/aromatic N) is 2. The smallest absolute Gasteiger partial charge is 0.240 e. The summed E-state index contributed by atoms with van der Waals surface area (Å²) in [5.74, 6) is 2.14. The Morgan fingerprint density at radius 2 is 2.05 bits per heavy atom. The summed E-state index contributed by atoms with van der Waals surface area (Å²) in [6.45, 7) is 4.53. The van der Waals surface area contributed by atoms with E-state index in [0.29, 0.717) is 18.3 Å². The molecule has 1 N–H and O–H groups in total. The lowest BCUT2D eigenvalue weighted by Gasteiger charge is -2.16. The van der Waals surface area contributed by atoms with Crippen LogP contribution in [-0.2, 0) is 6.54 Å². The Bertz CT molecular complexity index is 508. The number of ether oxygens (including phenoxy) is 1. The molecule has 5 heteroatoms. The van der Waals surface area contributed by atoms with E-state index in [1.54, 1.807) is 7.11 Å². The molecule has 0 saturated carbocycles. The molecular weight excluding hydrogens is 242 g/mol. The van der Waals surface area contributed by atoms with Crippen LogP contribution in [0.25, 0.3) is 0 Å². The lowest BCUT2D eigenvalue weighted by molar-refractivity contribution is 0.353. The van der Waals surface area contributed by atoms with Gasteiger partial charge in [0.2, 0.25) is 5.89 Å². The second-order valence-electron chi connectivity index (χ2n) is 4.35. The van der Waals surface area contributed by atoms with Crippen molar-refractivity contribution >= 4 is 0 Å². The first-order valence-corrected chi connectivity index (χ1v) is 6.39. The van der Waals surface area contributed by atoms with Crippen molar-refractivity contribution < 1.29 is 9.26 Å². The van der Waals surface area contributed by atoms with Gasteiger partial charge >= 0.3 is 0 Å². The third-order valence-electron chi connectivity index (χ3n) is 3.00. The highest BCUT2D eigenvalue weighted by molar-refractivity contribution is 5.29. The van der Waals surface area contributed by atoms with E-state index >= 15 is 0 Å². The van der Waals surface area contributed by atoms with E-state index in [9.17, 15) is 0 Å². The van der Waals surface area contributed by atoms with Crippen molar-refractivity contribution in [2.75, 3.05) is 7.11 Å². The summed E-state index contributed by atoms with van der Waals surface area (Å²) in [5, 5.41) is 7.19. The summed E-state index contributed by atoms with van der Waals surface area (Å²) < 4.78 is 10.2. The minimum atomic E-state index is 0.262. The molecule has 1 unspecified atom stereocenters. The molecule has 0 aliphatic rings. The molecule has 2 aromatic rings. The zero-order chi connectivity index (χ0) is 13.7. The zero-order valence-electron chi connectivity index (χ0n) is 11.5. The minimum absolute atomic E-state index is 0.262. The minimum Gasteiger partial charge on any atom is -0.497 e. The monoisotopic (exact) mass is 261 g/mol. The Morgan fingerprint density at radius 1 is 1.32 bits per heavy atom. The van der Waals surface area contributed by atoms with Crippen LogP contribution in [0.5, 0.6) is 5.75 Å². The highest BCUT2D eigenvalue weighted by Gasteiger charge is 2.11. The summed E-state index contributed by atoms with van der Waals surface area (Å²) in [4.78, 5) is 4.18. The molecule has 5 nitrogen and oxygen atoms in total. The van der Waals surface area contributed by atoms with E-state index in [2.05, 4.69) is 34.5 Å². The molecule has 0 aliphatic carbocycles. The van der Waals surface area contributed by atoms with Crippen LogP contribution in [0.2, 0.25) is 0 Å². The number of nitrogens with one attached hydrogen (secondary N) is 1. The number of aryl methyl sites for hydroxylation is 1. The molecule has 1 aromatic carbocycles. The standard InChI is InChI=1S/C14H19N3O2/c1-4-13(11-5-7-12(18-3)8-6-11)15-9-14-16-10(2)17-19-14/h5-8,13,15H,4,9H2,1-3H3. The SMILES string of the molecule is CCC(NCc1nc(C)no1)c1ccc(OC)cc1. The van der Waals surface area contributed by atoms with Gasteiger partial charge in [0.05, 0.1) is 13.7 Å². The van der Waals surface area contributed by atoms with Gasteiger partial charge in [-0.2, -0.15) is 4.98 Å². The summed E-state index contributed by atoms with van der Waals surface area (Å²) in [6.07, 6.45) is 0.986. The van der Waals surface area contributed by atoms with Gasteiger partial charge in [-0.05, 0) is 31.0 Å². The lowest BCUT2D eigenvalue weighted by atomic mass is 10.0. The van der Waals surface area contributed by atoms with Crippen molar-refractivity contribution in [3.05, 3.63) is 41.5 Å². The predicted molar refractivity (Wildman–Crippen MR) is 71.9 cm³/mol. The molecule has 0 fully saturated rings. The molecule has 0 spiro atoms. The van der Waals surface area contributed by atoms with Crippen LogP contribution in [0.15, 0.2) is 28.8 Å². The maximum atomic E-state index is 5.16. The second-order valence-corrected chi connectivity index (χ2v) is 4.35. The Kier molecular flexibility index (Phi) is 4.52. The number of aromatic nitrogens is 2. The highest BCUT2D eigenvalue weighted by atomic mass is 16.5. The topological polar surface area (TPSA) is 60.2 Å². The molecule has 0 amide bonds. The molecule has 102 valence electrons. The van der Waals surface area contributed by atoms with Gasteiger partial charge in [-0.15, -0.1) is 0 Å². The average Bonchev–Trinajstić information content (AvgIpc) is 2.86. The first-order valence-electron chi connectivity index (χ1n) is 6.39. The number of hydrogen-bond donors (Lipinski definition) is 1. The molecule has 0 bridgehead atoms. The Hall–Kier alpha value is -1.88. The van der Waals surface area contributed by atoms with Gasteiger partial charge in [-0.1, -0.05) is 24.2 Å². The van der Waals surface area contributed by atoms with Crippen LogP contribution >= 0.6 is 0 Å². The maximum absolute atomic E-state index is 5.16. The Labute approximate surface area is 113 Å². The summed E-state index contributed by atoms with van der Waals surface area (Å²) >= 11 is 0. The molecule has 1 aromatic heterocycles. The van der Waals surface area contributed by atoms with E-state index in [1.807, 2.05) is 19.1 Å². The van der Waals surface area contributed by atoms with Crippen molar-refractivity contribution in [2.24, 2.45) is 0 Å². The van der Waals surface area contributed by atoms with Gasteiger partial charge < -0.3 is 14.6 Å². The van der Waals surface area contributed by atoms with E-state index in [1.165, 1.54) is 5.56 Å². The first-order chi connectivity index (χ1) is 9.22. The highest BCUT2D eigenvalue weighted by Crippen LogP contribution is 2.20. The Morgan fingerprint density at radius 3 is 2.58 bits per heavy atom. The molecule has 0 aliphatic heterocycles. The van der Waals surface area contributed by atoms with Gasteiger partial charge in [0, 0.05) is 6.04 Å². The molecule has 1 atom stereocenters. The van der Waals surface area contributed by atoms with Gasteiger partial charge in [0.15, 0.2) is 5.82 Å². The van der Waals surface area contributed by atoms with Crippen LogP contribution in [0.4, 0.5) is 0 Å². The van der Waals surface area contributed by atoms with E-state index < -0.39 is 0 Å². The number of methoxy groups -OCH3 is 1. The molecule has 1 heterocycles. The number of benzene rings is 1. The fraction of sp³-hybridized carbons (Fsp3) is 0.429. The van der Waals surface area contributed by atoms with Crippen molar-refractivity contribution in [2.45, 2.75) is 32.9 Å². The van der Waals surface area contributed by atoms with Crippen molar-refractivity contribution in [1.82, 2.24) is 15.5 Å². The van der Waals surface area contributed by atoms with Crippen LogP contribution in [0.1, 0.15) is 36.7 Å². The maximum Gasteiger partial charge on any atom is 0.240 e. The Balaban J connectivity index is 1.98. The van der Waals surface area contributed by atoms with Gasteiger partial charge in [0.25, 0.3) is 0 Å². The van der Waals surface area contributed by atoms with Crippen molar-refractivity contribution in [3.63, 3.8) is 0 Å². The molecule has 0 saturated heterocycles. The van der Waals surface area contributed by atoms with Crippen LogP contribution in [0.3, 0.4) is 0 Å².